The number of aryl methyl sites for hydroxylation is 1. The molecule has 1 aromatic carbocycles. The number of piperidine rings is 1. The fourth-order valence-electron chi connectivity index (χ4n) is 5.34. The molecule has 1 amide bonds. The molecule has 1 aliphatic heterocycles. The van der Waals surface area contributed by atoms with Crippen molar-refractivity contribution in [2.75, 3.05) is 39.1 Å². The first-order valence-corrected chi connectivity index (χ1v) is 14.8. The zero-order chi connectivity index (χ0) is 30.1. The summed E-state index contributed by atoms with van der Waals surface area (Å²) in [5, 5.41) is 3.01. The molecular formula is C30H43N7O5. The van der Waals surface area contributed by atoms with Crippen molar-refractivity contribution in [1.82, 2.24) is 29.7 Å². The van der Waals surface area contributed by atoms with Crippen molar-refractivity contribution in [3.8, 4) is 6.01 Å². The zero-order valence-corrected chi connectivity index (χ0v) is 24.9. The van der Waals surface area contributed by atoms with Crippen molar-refractivity contribution < 1.29 is 19.1 Å². The molecule has 2 atom stereocenters. The minimum absolute atomic E-state index is 0.0125. The number of aromatic amines is 1. The minimum atomic E-state index is -0.279. The van der Waals surface area contributed by atoms with Gasteiger partial charge in [-0.2, -0.15) is 9.97 Å². The fraction of sp³-hybridized carbons (Fsp3) is 0.567. The third kappa shape index (κ3) is 8.31. The SMILES string of the molecule is CCCCOc1nc(N)c2[nH]c(=O)n(CCCC3CN(CC(=O)NCc4ccc(CC(=O)OC)cc4)CCC3C)c2n1. The Morgan fingerprint density at radius 2 is 1.93 bits per heavy atom. The topological polar surface area (TPSA) is 157 Å². The molecule has 228 valence electrons. The second-order valence-electron chi connectivity index (χ2n) is 11.1. The normalized spacial score (nSPS) is 17.3. The van der Waals surface area contributed by atoms with Crippen LogP contribution in [0.1, 0.15) is 57.1 Å². The van der Waals surface area contributed by atoms with Gasteiger partial charge in [0.25, 0.3) is 0 Å². The van der Waals surface area contributed by atoms with Gasteiger partial charge >= 0.3 is 17.7 Å². The Balaban J connectivity index is 1.26. The van der Waals surface area contributed by atoms with Crippen LogP contribution < -0.4 is 21.5 Å². The third-order valence-electron chi connectivity index (χ3n) is 7.97. The number of carbonyl (C=O) groups is 2. The van der Waals surface area contributed by atoms with Crippen molar-refractivity contribution >= 4 is 28.9 Å². The standard InChI is InChI=1S/C30H43N7O5/c1-4-5-15-42-29-34-27(31)26-28(35-29)37(30(40)33-26)13-6-7-23-18-36(14-12-20(23)2)19-24(38)32-17-22-10-8-21(9-11-22)16-25(39)41-3/h8-11,20,23H,4-7,12-19H2,1-3H3,(H,32,38)(H,33,40)(H2,31,34,35). The molecule has 3 heterocycles. The maximum atomic E-state index is 12.7. The van der Waals surface area contributed by atoms with E-state index in [1.807, 2.05) is 24.3 Å². The molecule has 0 spiro atoms. The number of nitrogens with two attached hydrogens (primary N) is 1. The lowest BCUT2D eigenvalue weighted by molar-refractivity contribution is -0.139. The van der Waals surface area contributed by atoms with Gasteiger partial charge in [0.2, 0.25) is 5.91 Å². The summed E-state index contributed by atoms with van der Waals surface area (Å²) in [5.41, 5.74) is 8.56. The number of nitrogens with one attached hydrogen (secondary N) is 2. The van der Waals surface area contributed by atoms with E-state index >= 15 is 0 Å². The average Bonchev–Trinajstić information content (AvgIpc) is 3.29. The lowest BCUT2D eigenvalue weighted by Gasteiger charge is -2.36. The third-order valence-corrected chi connectivity index (χ3v) is 7.97. The number of fused-ring (bicyclic) bond motifs is 1. The summed E-state index contributed by atoms with van der Waals surface area (Å²) in [6, 6.07) is 7.77. The van der Waals surface area contributed by atoms with Crippen LogP contribution in [0.25, 0.3) is 11.2 Å². The average molecular weight is 582 g/mol. The van der Waals surface area contributed by atoms with E-state index < -0.39 is 0 Å². The first-order chi connectivity index (χ1) is 20.3. The number of hydrogen-bond acceptors (Lipinski definition) is 9. The highest BCUT2D eigenvalue weighted by molar-refractivity contribution is 5.81. The zero-order valence-electron chi connectivity index (χ0n) is 24.9. The Morgan fingerprint density at radius 1 is 1.17 bits per heavy atom. The van der Waals surface area contributed by atoms with Gasteiger partial charge in [0, 0.05) is 19.6 Å². The van der Waals surface area contributed by atoms with Crippen LogP contribution in [0.3, 0.4) is 0 Å². The fourth-order valence-corrected chi connectivity index (χ4v) is 5.34. The van der Waals surface area contributed by atoms with E-state index in [9.17, 15) is 14.4 Å². The maximum absolute atomic E-state index is 12.7. The van der Waals surface area contributed by atoms with Gasteiger partial charge in [0.1, 0.15) is 5.52 Å². The number of imidazole rings is 1. The number of H-pyrrole nitrogens is 1. The molecule has 42 heavy (non-hydrogen) atoms. The van der Waals surface area contributed by atoms with Crippen molar-refractivity contribution in [3.63, 3.8) is 0 Å². The van der Waals surface area contributed by atoms with Gasteiger partial charge in [-0.25, -0.2) is 4.79 Å². The number of nitrogens with zero attached hydrogens (tertiary/aromatic N) is 4. The summed E-state index contributed by atoms with van der Waals surface area (Å²) < 4.78 is 11.9. The number of anilines is 1. The molecule has 1 fully saturated rings. The molecule has 1 saturated heterocycles. The first kappa shape index (κ1) is 31.0. The number of ether oxygens (including phenoxy) is 2. The smallest absolute Gasteiger partial charge is 0.327 e. The summed E-state index contributed by atoms with van der Waals surface area (Å²) in [6.45, 7) is 7.84. The number of amides is 1. The Labute approximate surface area is 246 Å². The molecule has 12 nitrogen and oxygen atoms in total. The van der Waals surface area contributed by atoms with Crippen LogP contribution in [0.15, 0.2) is 29.1 Å². The van der Waals surface area contributed by atoms with Crippen LogP contribution >= 0.6 is 0 Å². The summed E-state index contributed by atoms with van der Waals surface area (Å²) >= 11 is 0. The van der Waals surface area contributed by atoms with Crippen molar-refractivity contribution in [1.29, 1.82) is 0 Å². The van der Waals surface area contributed by atoms with Gasteiger partial charge < -0.3 is 25.5 Å². The van der Waals surface area contributed by atoms with E-state index in [0.29, 0.717) is 49.2 Å². The lowest BCUT2D eigenvalue weighted by atomic mass is 9.84. The lowest BCUT2D eigenvalue weighted by Crippen LogP contribution is -2.44. The molecule has 3 aromatic rings. The predicted molar refractivity (Wildman–Crippen MR) is 160 cm³/mol. The highest BCUT2D eigenvalue weighted by Gasteiger charge is 2.27. The molecule has 2 aromatic heterocycles. The molecule has 4 N–H and O–H groups in total. The Kier molecular flexibility index (Phi) is 10.9. The molecule has 1 aliphatic rings. The summed E-state index contributed by atoms with van der Waals surface area (Å²) in [6.07, 6.45) is 4.85. The van der Waals surface area contributed by atoms with Crippen LogP contribution in [0.5, 0.6) is 6.01 Å². The number of hydrogen-bond donors (Lipinski definition) is 3. The van der Waals surface area contributed by atoms with Crippen molar-refractivity contribution in [2.45, 2.75) is 65.5 Å². The first-order valence-electron chi connectivity index (χ1n) is 14.8. The molecule has 0 bridgehead atoms. The highest BCUT2D eigenvalue weighted by Crippen LogP contribution is 2.27. The number of nitrogen functional groups attached to an aromatic ring is 1. The van der Waals surface area contributed by atoms with E-state index in [-0.39, 0.29) is 35.8 Å². The van der Waals surface area contributed by atoms with E-state index in [4.69, 9.17) is 15.2 Å². The van der Waals surface area contributed by atoms with E-state index in [0.717, 1.165) is 56.3 Å². The summed E-state index contributed by atoms with van der Waals surface area (Å²) in [4.78, 5) is 50.5. The molecular weight excluding hydrogens is 538 g/mol. The number of aromatic nitrogens is 4. The highest BCUT2D eigenvalue weighted by atomic mass is 16.5. The number of likely N-dealkylation sites (tertiary alicyclic amines) is 1. The second-order valence-corrected chi connectivity index (χ2v) is 11.1. The quantitative estimate of drug-likeness (QED) is 0.192. The van der Waals surface area contributed by atoms with Crippen LogP contribution in [0.2, 0.25) is 0 Å². The van der Waals surface area contributed by atoms with E-state index in [1.165, 1.54) is 7.11 Å². The number of rotatable bonds is 14. The van der Waals surface area contributed by atoms with Crippen LogP contribution in [0.4, 0.5) is 5.82 Å². The monoisotopic (exact) mass is 581 g/mol. The molecule has 12 heteroatoms. The minimum Gasteiger partial charge on any atom is -0.469 e. The van der Waals surface area contributed by atoms with Gasteiger partial charge in [-0.3, -0.25) is 19.1 Å². The molecule has 4 rings (SSSR count). The van der Waals surface area contributed by atoms with Gasteiger partial charge in [-0.15, -0.1) is 0 Å². The summed E-state index contributed by atoms with van der Waals surface area (Å²) in [5.74, 6) is 0.861. The second kappa shape index (κ2) is 14.8. The van der Waals surface area contributed by atoms with E-state index in [1.54, 1.807) is 4.57 Å². The Bertz CT molecular complexity index is 1400. The van der Waals surface area contributed by atoms with Gasteiger partial charge in [0.15, 0.2) is 11.5 Å². The van der Waals surface area contributed by atoms with Crippen molar-refractivity contribution in [2.24, 2.45) is 11.8 Å². The number of benzene rings is 1. The van der Waals surface area contributed by atoms with Crippen LogP contribution in [-0.2, 0) is 33.8 Å². The van der Waals surface area contributed by atoms with E-state index in [2.05, 4.69) is 39.0 Å². The number of unbranched alkanes of at least 4 members (excludes halogenated alkanes) is 1. The van der Waals surface area contributed by atoms with Gasteiger partial charge in [-0.05, 0) is 55.2 Å². The Hall–Kier alpha value is -3.93. The maximum Gasteiger partial charge on any atom is 0.327 e. The number of esters is 1. The predicted octanol–water partition coefficient (Wildman–Crippen LogP) is 2.65. The van der Waals surface area contributed by atoms with Crippen LogP contribution in [0, 0.1) is 11.8 Å². The Morgan fingerprint density at radius 3 is 2.67 bits per heavy atom. The van der Waals surface area contributed by atoms with Gasteiger partial charge in [-0.1, -0.05) is 44.5 Å². The summed E-state index contributed by atoms with van der Waals surface area (Å²) in [7, 11) is 1.37. The molecule has 2 unspecified atom stereocenters. The number of carbonyl (C=O) groups excluding carboxylic acids is 2. The van der Waals surface area contributed by atoms with Crippen LogP contribution in [-0.4, -0.2) is 69.6 Å². The van der Waals surface area contributed by atoms with Gasteiger partial charge in [0.05, 0.1) is 26.7 Å². The number of methoxy groups -OCH3 is 1. The van der Waals surface area contributed by atoms with Crippen molar-refractivity contribution in [3.05, 3.63) is 45.9 Å². The molecule has 0 saturated carbocycles. The molecule has 0 aliphatic carbocycles. The largest absolute Gasteiger partial charge is 0.469 e. The molecule has 0 radical (unpaired) electrons.